The Morgan fingerprint density at radius 3 is 2.23 bits per heavy atom. The van der Waals surface area contributed by atoms with Crippen LogP contribution in [0.1, 0.15) is 33.9 Å². The van der Waals surface area contributed by atoms with E-state index in [1.165, 1.54) is 20.9 Å². The Bertz CT molecular complexity index is 2590. The second-order valence-electron chi connectivity index (χ2n) is 14.0. The quantitative estimate of drug-likeness (QED) is 0.109. The predicted octanol–water partition coefficient (Wildman–Crippen LogP) is 4.75. The van der Waals surface area contributed by atoms with Gasteiger partial charge in [0.05, 0.1) is 34.4 Å². The van der Waals surface area contributed by atoms with Crippen LogP contribution in [0.4, 0.5) is 17.2 Å². The number of aromatic amines is 2. The van der Waals surface area contributed by atoms with Gasteiger partial charge in [-0.25, -0.2) is 15.0 Å². The maximum Gasteiger partial charge on any atom is 0.291 e. The van der Waals surface area contributed by atoms with Crippen molar-refractivity contribution in [2.75, 3.05) is 55.4 Å². The fourth-order valence-corrected chi connectivity index (χ4v) is 6.85. The highest BCUT2D eigenvalue weighted by atomic mass is 16.5. The fourth-order valence-electron chi connectivity index (χ4n) is 6.85. The maximum atomic E-state index is 12.8. The molecule has 0 radical (unpaired) electrons. The van der Waals surface area contributed by atoms with Gasteiger partial charge in [0, 0.05) is 75.9 Å². The molecular weight excluding hydrogens is 713 g/mol. The van der Waals surface area contributed by atoms with Crippen LogP contribution < -0.4 is 26.0 Å². The molecule has 56 heavy (non-hydrogen) atoms. The van der Waals surface area contributed by atoms with Crippen LogP contribution in [-0.4, -0.2) is 96.5 Å². The minimum Gasteiger partial charge on any atom is -0.494 e. The fraction of sp³-hybridized carbons (Fsp3) is 0.250. The number of nitrogens with two attached hydrogens (primary N) is 1. The van der Waals surface area contributed by atoms with Gasteiger partial charge in [-0.05, 0) is 68.1 Å². The number of primary amides is 1. The van der Waals surface area contributed by atoms with Crippen LogP contribution in [0, 0.1) is 0 Å². The summed E-state index contributed by atoms with van der Waals surface area (Å²) in [7, 11) is 5.46. The molecule has 0 saturated carbocycles. The highest BCUT2D eigenvalue weighted by molar-refractivity contribution is 6.03. The van der Waals surface area contributed by atoms with E-state index in [0.717, 1.165) is 65.2 Å². The van der Waals surface area contributed by atoms with Crippen LogP contribution in [0.25, 0.3) is 44.8 Å². The zero-order chi connectivity index (χ0) is 38.9. The molecule has 1 aliphatic rings. The van der Waals surface area contributed by atoms with Crippen LogP contribution in [0.2, 0.25) is 0 Å². The zero-order valence-corrected chi connectivity index (χ0v) is 31.3. The number of anilines is 3. The van der Waals surface area contributed by atoms with Crippen LogP contribution in [0.15, 0.2) is 79.1 Å². The van der Waals surface area contributed by atoms with Crippen LogP contribution in [0.5, 0.6) is 5.75 Å². The molecule has 8 rings (SSSR count). The van der Waals surface area contributed by atoms with Crippen molar-refractivity contribution in [3.63, 3.8) is 0 Å². The first kappa shape index (κ1) is 36.1. The summed E-state index contributed by atoms with van der Waals surface area (Å²) in [5, 5.41) is 5.43. The summed E-state index contributed by atoms with van der Waals surface area (Å²) in [4.78, 5) is 62.7. The van der Waals surface area contributed by atoms with Crippen LogP contribution in [-0.2, 0) is 18.9 Å². The summed E-state index contributed by atoms with van der Waals surface area (Å²) in [6, 6.07) is 21.6. The molecule has 4 aromatic heterocycles. The zero-order valence-electron chi connectivity index (χ0n) is 31.3. The summed E-state index contributed by atoms with van der Waals surface area (Å²) in [6.07, 6.45) is 3.77. The number of H-pyrrole nitrogens is 2. The molecule has 6 N–H and O–H groups in total. The molecule has 0 aliphatic carbocycles. The number of carbonyl (C=O) groups excluding carboxylic acids is 3. The van der Waals surface area contributed by atoms with Gasteiger partial charge in [0.2, 0.25) is 11.7 Å². The number of imidazole rings is 3. The molecule has 16 heteroatoms. The van der Waals surface area contributed by atoms with Gasteiger partial charge in [0.1, 0.15) is 23.1 Å². The van der Waals surface area contributed by atoms with E-state index in [0.29, 0.717) is 30.3 Å². The number of piperazine rings is 1. The Hall–Kier alpha value is -6.94. The lowest BCUT2D eigenvalue weighted by Gasteiger charge is -2.34. The first-order chi connectivity index (χ1) is 27.1. The summed E-state index contributed by atoms with van der Waals surface area (Å²) in [5.41, 5.74) is 12.7. The van der Waals surface area contributed by atoms with Crippen molar-refractivity contribution in [2.45, 2.75) is 12.8 Å². The van der Waals surface area contributed by atoms with E-state index in [2.05, 4.69) is 66.7 Å². The van der Waals surface area contributed by atoms with Gasteiger partial charge in [-0.3, -0.25) is 14.4 Å². The average molecular weight is 755 g/mol. The number of hydrogen-bond acceptors (Lipinski definition) is 9. The molecule has 1 saturated heterocycles. The molecule has 7 aromatic rings. The monoisotopic (exact) mass is 754 g/mol. The van der Waals surface area contributed by atoms with E-state index in [1.807, 2.05) is 36.4 Å². The molecular formula is C40H42N12O4. The number of carbonyl (C=O) groups is 3. The Kier molecular flexibility index (Phi) is 9.70. The van der Waals surface area contributed by atoms with Gasteiger partial charge in [-0.15, -0.1) is 0 Å². The van der Waals surface area contributed by atoms with E-state index in [4.69, 9.17) is 20.4 Å². The average Bonchev–Trinajstić information content (AvgIpc) is 3.98. The van der Waals surface area contributed by atoms with Crippen molar-refractivity contribution >= 4 is 57.0 Å². The number of nitrogens with one attached hydrogen (secondary N) is 4. The molecule has 0 atom stereocenters. The molecule has 0 bridgehead atoms. The molecule has 3 amide bonds. The van der Waals surface area contributed by atoms with E-state index in [9.17, 15) is 14.4 Å². The van der Waals surface area contributed by atoms with E-state index in [-0.39, 0.29) is 29.7 Å². The van der Waals surface area contributed by atoms with E-state index >= 15 is 0 Å². The van der Waals surface area contributed by atoms with Crippen molar-refractivity contribution in [2.24, 2.45) is 19.8 Å². The van der Waals surface area contributed by atoms with Crippen molar-refractivity contribution < 1.29 is 19.1 Å². The van der Waals surface area contributed by atoms with Crippen molar-refractivity contribution in [1.29, 1.82) is 0 Å². The number of amides is 3. The third-order valence-corrected chi connectivity index (χ3v) is 9.88. The number of likely N-dealkylation sites (N-methyl/N-ethyl adjacent to an activating group) is 1. The summed E-state index contributed by atoms with van der Waals surface area (Å²) in [6.45, 7) is 4.44. The van der Waals surface area contributed by atoms with Gasteiger partial charge >= 0.3 is 0 Å². The van der Waals surface area contributed by atoms with E-state index in [1.54, 1.807) is 26.5 Å². The van der Waals surface area contributed by atoms with Gasteiger partial charge in [-0.2, -0.15) is 0 Å². The molecule has 16 nitrogen and oxygen atoms in total. The third-order valence-electron chi connectivity index (χ3n) is 9.88. The number of nitrogens with zero attached hydrogens (tertiary/aromatic N) is 7. The van der Waals surface area contributed by atoms with Gasteiger partial charge < -0.3 is 50.0 Å². The lowest BCUT2D eigenvalue weighted by atomic mass is 10.2. The lowest BCUT2D eigenvalue weighted by Crippen LogP contribution is -2.44. The first-order valence-corrected chi connectivity index (χ1v) is 18.3. The van der Waals surface area contributed by atoms with E-state index < -0.39 is 11.8 Å². The standard InChI is InChI=1S/C40H42N12O4/c1-49-13-15-52(16-14-49)27-10-12-30-32(21-27)46-38(44-30)25-9-11-29-31(19-25)45-37(43-29)24-6-4-7-28(18-24)56-17-5-8-35(53)47-34-23-51(3)39(48-34)40(55)42-26-20-33(36(41)54)50(2)22-26/h4,6-7,9-12,18-23H,5,8,13-17H2,1-3H3,(H2,41,54)(H,42,55)(H,43,45)(H,44,46)(H,47,53). The Labute approximate surface area is 321 Å². The second-order valence-corrected chi connectivity index (χ2v) is 14.0. The van der Waals surface area contributed by atoms with Crippen LogP contribution >= 0.6 is 0 Å². The molecule has 1 aliphatic heterocycles. The van der Waals surface area contributed by atoms with Crippen molar-refractivity contribution in [1.82, 2.24) is 39.0 Å². The molecule has 0 spiro atoms. The number of fused-ring (bicyclic) bond motifs is 2. The third kappa shape index (κ3) is 7.67. The highest BCUT2D eigenvalue weighted by Gasteiger charge is 2.19. The molecule has 286 valence electrons. The Balaban J connectivity index is 0.849. The van der Waals surface area contributed by atoms with Gasteiger partial charge in [0.15, 0.2) is 5.82 Å². The lowest BCUT2D eigenvalue weighted by molar-refractivity contribution is -0.116. The number of aryl methyl sites for hydroxylation is 2. The number of aromatic nitrogens is 7. The second kappa shape index (κ2) is 15.1. The number of ether oxygens (including phenoxy) is 1. The SMILES string of the molecule is CN1CCN(c2ccc3nc(-c4ccc5nc(-c6cccc(OCCCC(=O)Nc7cn(C)c(C(=O)Nc8cc(C(N)=O)n(C)c8)n7)c6)[nH]c5c4)[nH]c3c2)CC1. The van der Waals surface area contributed by atoms with Crippen LogP contribution in [0.3, 0.4) is 0 Å². The Morgan fingerprint density at radius 1 is 0.786 bits per heavy atom. The number of rotatable bonds is 12. The Morgan fingerprint density at radius 2 is 1.50 bits per heavy atom. The molecule has 5 heterocycles. The molecule has 0 unspecified atom stereocenters. The predicted molar refractivity (Wildman–Crippen MR) is 215 cm³/mol. The summed E-state index contributed by atoms with van der Waals surface area (Å²) < 4.78 is 9.02. The normalized spacial score (nSPS) is 13.4. The minimum absolute atomic E-state index is 0.0827. The van der Waals surface area contributed by atoms with Crippen molar-refractivity contribution in [3.05, 3.63) is 90.6 Å². The smallest absolute Gasteiger partial charge is 0.291 e. The summed E-state index contributed by atoms with van der Waals surface area (Å²) in [5.74, 6) is 1.12. The largest absolute Gasteiger partial charge is 0.494 e. The molecule has 1 fully saturated rings. The van der Waals surface area contributed by atoms with Gasteiger partial charge in [-0.1, -0.05) is 12.1 Å². The van der Waals surface area contributed by atoms with Gasteiger partial charge in [0.25, 0.3) is 11.8 Å². The maximum absolute atomic E-state index is 12.8. The molecule has 3 aromatic carbocycles. The number of hydrogen-bond donors (Lipinski definition) is 5. The first-order valence-electron chi connectivity index (χ1n) is 18.3. The van der Waals surface area contributed by atoms with Crippen molar-refractivity contribution in [3.8, 4) is 28.5 Å². The highest BCUT2D eigenvalue weighted by Crippen LogP contribution is 2.29. The number of benzene rings is 3. The summed E-state index contributed by atoms with van der Waals surface area (Å²) >= 11 is 0. The minimum atomic E-state index is -0.610. The topological polar surface area (TPSA) is 197 Å².